The minimum absolute atomic E-state index is 0.201. The Labute approximate surface area is 157 Å². The molecule has 4 rings (SSSR count). The van der Waals surface area contributed by atoms with Crippen LogP contribution >= 0.6 is 12.2 Å². The molecule has 4 nitrogen and oxygen atoms in total. The molecule has 2 aliphatic heterocycles. The van der Waals surface area contributed by atoms with Crippen molar-refractivity contribution in [2.75, 3.05) is 25.1 Å². The van der Waals surface area contributed by atoms with E-state index in [4.69, 9.17) is 21.7 Å². The summed E-state index contributed by atoms with van der Waals surface area (Å²) >= 11 is 5.61. The highest BCUT2D eigenvalue weighted by Crippen LogP contribution is 2.38. The third-order valence-corrected chi connectivity index (χ3v) is 5.10. The average Bonchev–Trinajstić information content (AvgIpc) is 3.02. The standard InChI is InChI=1S/C20H21FN2O2S/c21-15-5-7-16(8-6-15)22-20(26)23-10-1-3-17(23)14-4-9-18-19(13-14)25-12-2-11-24-18/h4-9,13,17H,1-3,10-12H2,(H,22,26)/t17-/m1/s1. The minimum atomic E-state index is -0.257. The molecule has 0 radical (unpaired) electrons. The van der Waals surface area contributed by atoms with Crippen LogP contribution in [0.1, 0.15) is 30.9 Å². The third kappa shape index (κ3) is 3.60. The van der Waals surface area contributed by atoms with Crippen LogP contribution in [0.4, 0.5) is 10.1 Å². The predicted molar refractivity (Wildman–Crippen MR) is 103 cm³/mol. The first-order valence-electron chi connectivity index (χ1n) is 8.93. The lowest BCUT2D eigenvalue weighted by molar-refractivity contribution is 0.296. The lowest BCUT2D eigenvalue weighted by Gasteiger charge is -2.28. The molecule has 136 valence electrons. The second kappa shape index (κ2) is 7.50. The number of halogens is 1. The third-order valence-electron chi connectivity index (χ3n) is 4.77. The van der Waals surface area contributed by atoms with Crippen LogP contribution in [0.5, 0.6) is 11.5 Å². The fourth-order valence-corrected chi connectivity index (χ4v) is 3.81. The summed E-state index contributed by atoms with van der Waals surface area (Å²) in [4.78, 5) is 2.19. The number of nitrogens with zero attached hydrogens (tertiary/aromatic N) is 1. The van der Waals surface area contributed by atoms with E-state index in [2.05, 4.69) is 22.3 Å². The average molecular weight is 372 g/mol. The number of benzene rings is 2. The highest BCUT2D eigenvalue weighted by Gasteiger charge is 2.29. The second-order valence-electron chi connectivity index (χ2n) is 6.55. The smallest absolute Gasteiger partial charge is 0.173 e. The molecular formula is C20H21FN2O2S. The summed E-state index contributed by atoms with van der Waals surface area (Å²) in [5, 5.41) is 3.88. The Bertz CT molecular complexity index is 797. The Morgan fingerprint density at radius 2 is 1.81 bits per heavy atom. The Kier molecular flexibility index (Phi) is 4.93. The Balaban J connectivity index is 1.52. The van der Waals surface area contributed by atoms with E-state index in [0.717, 1.165) is 43.0 Å². The maximum Gasteiger partial charge on any atom is 0.173 e. The van der Waals surface area contributed by atoms with Crippen molar-refractivity contribution < 1.29 is 13.9 Å². The van der Waals surface area contributed by atoms with E-state index < -0.39 is 0 Å². The second-order valence-corrected chi connectivity index (χ2v) is 6.93. The van der Waals surface area contributed by atoms with Crippen molar-refractivity contribution in [1.82, 2.24) is 4.90 Å². The first-order chi connectivity index (χ1) is 12.7. The van der Waals surface area contributed by atoms with Crippen LogP contribution in [0.25, 0.3) is 0 Å². The van der Waals surface area contributed by atoms with Gasteiger partial charge in [0.1, 0.15) is 5.82 Å². The van der Waals surface area contributed by atoms with E-state index in [-0.39, 0.29) is 11.9 Å². The van der Waals surface area contributed by atoms with Gasteiger partial charge in [-0.2, -0.15) is 0 Å². The van der Waals surface area contributed by atoms with E-state index in [1.165, 1.54) is 17.7 Å². The van der Waals surface area contributed by atoms with Crippen LogP contribution in [0.2, 0.25) is 0 Å². The first kappa shape index (κ1) is 17.1. The lowest BCUT2D eigenvalue weighted by Crippen LogP contribution is -2.34. The largest absolute Gasteiger partial charge is 0.490 e. The van der Waals surface area contributed by atoms with Gasteiger partial charge in [-0.3, -0.25) is 0 Å². The minimum Gasteiger partial charge on any atom is -0.490 e. The van der Waals surface area contributed by atoms with Crippen LogP contribution in [-0.4, -0.2) is 29.8 Å². The molecule has 2 aliphatic rings. The molecule has 0 spiro atoms. The Hall–Kier alpha value is -2.34. The maximum absolute atomic E-state index is 13.1. The zero-order valence-electron chi connectivity index (χ0n) is 14.4. The van der Waals surface area contributed by atoms with E-state index in [0.29, 0.717) is 18.3 Å². The van der Waals surface area contributed by atoms with Gasteiger partial charge in [-0.15, -0.1) is 0 Å². The lowest BCUT2D eigenvalue weighted by atomic mass is 10.0. The van der Waals surface area contributed by atoms with Crippen LogP contribution < -0.4 is 14.8 Å². The molecule has 0 unspecified atom stereocenters. The number of likely N-dealkylation sites (tertiary alicyclic amines) is 1. The number of hydrogen-bond donors (Lipinski definition) is 1. The summed E-state index contributed by atoms with van der Waals surface area (Å²) in [7, 11) is 0. The molecule has 2 heterocycles. The van der Waals surface area contributed by atoms with Crippen LogP contribution in [0.15, 0.2) is 42.5 Å². The summed E-state index contributed by atoms with van der Waals surface area (Å²) < 4.78 is 24.6. The van der Waals surface area contributed by atoms with Crippen molar-refractivity contribution in [3.8, 4) is 11.5 Å². The fourth-order valence-electron chi connectivity index (χ4n) is 3.47. The summed E-state index contributed by atoms with van der Waals surface area (Å²) in [6.45, 7) is 2.26. The molecule has 0 aliphatic carbocycles. The van der Waals surface area contributed by atoms with Gasteiger partial charge in [-0.1, -0.05) is 6.07 Å². The molecule has 2 aromatic rings. The molecule has 2 aromatic carbocycles. The van der Waals surface area contributed by atoms with Crippen molar-refractivity contribution in [1.29, 1.82) is 0 Å². The molecular weight excluding hydrogens is 351 g/mol. The van der Waals surface area contributed by atoms with E-state index in [1.807, 2.05) is 6.07 Å². The van der Waals surface area contributed by atoms with E-state index >= 15 is 0 Å². The van der Waals surface area contributed by atoms with Gasteiger partial charge in [0.2, 0.25) is 0 Å². The van der Waals surface area contributed by atoms with Crippen LogP contribution in [0, 0.1) is 5.82 Å². The Morgan fingerprint density at radius 1 is 1.04 bits per heavy atom. The van der Waals surface area contributed by atoms with Crippen molar-refractivity contribution >= 4 is 23.0 Å². The topological polar surface area (TPSA) is 33.7 Å². The Morgan fingerprint density at radius 3 is 2.62 bits per heavy atom. The number of rotatable bonds is 2. The summed E-state index contributed by atoms with van der Waals surface area (Å²) in [5.74, 6) is 1.36. The SMILES string of the molecule is Fc1ccc(NC(=S)N2CCC[C@@H]2c2ccc3c(c2)OCCCO3)cc1. The van der Waals surface area contributed by atoms with Gasteiger partial charge in [0.05, 0.1) is 19.3 Å². The molecule has 6 heteroatoms. The van der Waals surface area contributed by atoms with E-state index in [9.17, 15) is 4.39 Å². The molecule has 1 fully saturated rings. The zero-order chi connectivity index (χ0) is 17.9. The van der Waals surface area contributed by atoms with Crippen LogP contribution in [-0.2, 0) is 0 Å². The van der Waals surface area contributed by atoms with Gasteiger partial charge < -0.3 is 19.7 Å². The zero-order valence-corrected chi connectivity index (χ0v) is 15.2. The van der Waals surface area contributed by atoms with Crippen molar-refractivity contribution in [2.45, 2.75) is 25.3 Å². The number of thiocarbonyl (C=S) groups is 1. The van der Waals surface area contributed by atoms with Gasteiger partial charge in [0.25, 0.3) is 0 Å². The first-order valence-corrected chi connectivity index (χ1v) is 9.34. The molecule has 26 heavy (non-hydrogen) atoms. The quantitative estimate of drug-likeness (QED) is 0.784. The normalized spacial score (nSPS) is 19.1. The molecule has 0 aromatic heterocycles. The molecule has 1 N–H and O–H groups in total. The molecule has 1 saturated heterocycles. The number of ether oxygens (including phenoxy) is 2. The van der Waals surface area contributed by atoms with Gasteiger partial charge >= 0.3 is 0 Å². The summed E-state index contributed by atoms with van der Waals surface area (Å²) in [5.41, 5.74) is 1.97. The highest BCUT2D eigenvalue weighted by molar-refractivity contribution is 7.80. The summed E-state index contributed by atoms with van der Waals surface area (Å²) in [6.07, 6.45) is 3.00. The van der Waals surface area contributed by atoms with Crippen molar-refractivity contribution in [3.05, 3.63) is 53.8 Å². The predicted octanol–water partition coefficient (Wildman–Crippen LogP) is 4.52. The molecule has 0 amide bonds. The highest BCUT2D eigenvalue weighted by atomic mass is 32.1. The molecule has 0 bridgehead atoms. The number of nitrogens with one attached hydrogen (secondary N) is 1. The molecule has 0 saturated carbocycles. The van der Waals surface area contributed by atoms with Crippen molar-refractivity contribution in [3.63, 3.8) is 0 Å². The summed E-state index contributed by atoms with van der Waals surface area (Å²) in [6, 6.07) is 12.6. The fraction of sp³-hybridized carbons (Fsp3) is 0.350. The number of anilines is 1. The van der Waals surface area contributed by atoms with Gasteiger partial charge in [-0.05, 0) is 67.0 Å². The maximum atomic E-state index is 13.1. The number of fused-ring (bicyclic) bond motifs is 1. The van der Waals surface area contributed by atoms with E-state index in [1.54, 1.807) is 12.1 Å². The number of hydrogen-bond acceptors (Lipinski definition) is 3. The monoisotopic (exact) mass is 372 g/mol. The van der Waals surface area contributed by atoms with Gasteiger partial charge in [-0.25, -0.2) is 4.39 Å². The van der Waals surface area contributed by atoms with Crippen LogP contribution in [0.3, 0.4) is 0 Å². The van der Waals surface area contributed by atoms with Gasteiger partial charge in [0, 0.05) is 18.7 Å². The molecule has 1 atom stereocenters. The van der Waals surface area contributed by atoms with Crippen molar-refractivity contribution in [2.24, 2.45) is 0 Å². The van der Waals surface area contributed by atoms with Gasteiger partial charge in [0.15, 0.2) is 16.6 Å².